The fourth-order valence-corrected chi connectivity index (χ4v) is 1.14. The summed E-state index contributed by atoms with van der Waals surface area (Å²) < 4.78 is 4.60. The van der Waals surface area contributed by atoms with Gasteiger partial charge in [0, 0.05) is 18.4 Å². The van der Waals surface area contributed by atoms with Crippen LogP contribution in [0, 0.1) is 6.92 Å². The van der Waals surface area contributed by atoms with Gasteiger partial charge in [-0.3, -0.25) is 0 Å². The average molecular weight is 193 g/mol. The van der Waals surface area contributed by atoms with E-state index in [0.717, 1.165) is 18.1 Å². The van der Waals surface area contributed by atoms with Crippen LogP contribution in [0.5, 0.6) is 0 Å². The van der Waals surface area contributed by atoms with Crippen LogP contribution in [-0.4, -0.2) is 20.1 Å². The number of aromatic nitrogens is 4. The molecule has 6 nitrogen and oxygen atoms in total. The number of imidazole rings is 1. The van der Waals surface area contributed by atoms with Gasteiger partial charge in [0.15, 0.2) is 5.82 Å². The highest BCUT2D eigenvalue weighted by molar-refractivity contribution is 4.99. The molecule has 0 amide bonds. The molecule has 0 saturated heterocycles. The molecule has 0 spiro atoms. The van der Waals surface area contributed by atoms with Crippen molar-refractivity contribution in [1.29, 1.82) is 0 Å². The summed E-state index contributed by atoms with van der Waals surface area (Å²) in [6.45, 7) is 3.23. The maximum atomic E-state index is 4.60. The molecule has 0 fully saturated rings. The Kier molecular flexibility index (Phi) is 2.55. The van der Waals surface area contributed by atoms with Crippen LogP contribution in [-0.2, 0) is 13.1 Å². The topological polar surface area (TPSA) is 79.6 Å². The average Bonchev–Trinajstić information content (AvgIpc) is 2.77. The number of aryl methyl sites for hydroxylation is 1. The lowest BCUT2D eigenvalue weighted by molar-refractivity contribution is 0.407. The summed E-state index contributed by atoms with van der Waals surface area (Å²) in [4.78, 5) is 11.1. The van der Waals surface area contributed by atoms with Crippen LogP contribution in [0.25, 0.3) is 0 Å². The van der Waals surface area contributed by atoms with Gasteiger partial charge >= 0.3 is 0 Å². The predicted octanol–water partition coefficient (Wildman–Crippen LogP) is 0.391. The Labute approximate surface area is 80.7 Å². The molecule has 0 bridgehead atoms. The van der Waals surface area contributed by atoms with E-state index in [1.54, 1.807) is 6.20 Å². The zero-order chi connectivity index (χ0) is 9.80. The van der Waals surface area contributed by atoms with E-state index < -0.39 is 0 Å². The van der Waals surface area contributed by atoms with Crippen LogP contribution in [0.2, 0.25) is 0 Å². The number of nitrogens with zero attached hydrogens (tertiary/aromatic N) is 3. The van der Waals surface area contributed by atoms with Gasteiger partial charge in [0.2, 0.25) is 6.39 Å². The molecule has 0 aliphatic rings. The third kappa shape index (κ3) is 2.17. The lowest BCUT2D eigenvalue weighted by atomic mass is 10.4. The first-order valence-corrected chi connectivity index (χ1v) is 4.31. The number of hydrogen-bond donors (Lipinski definition) is 2. The van der Waals surface area contributed by atoms with E-state index in [1.807, 2.05) is 6.92 Å². The molecule has 0 aromatic carbocycles. The molecule has 2 N–H and O–H groups in total. The second kappa shape index (κ2) is 4.01. The maximum Gasteiger partial charge on any atom is 0.213 e. The minimum Gasteiger partial charge on any atom is -0.345 e. The summed E-state index contributed by atoms with van der Waals surface area (Å²) in [5.74, 6) is 1.57. The second-order valence-electron chi connectivity index (χ2n) is 2.94. The quantitative estimate of drug-likeness (QED) is 0.734. The van der Waals surface area contributed by atoms with Gasteiger partial charge in [0.1, 0.15) is 5.82 Å². The third-order valence-electron chi connectivity index (χ3n) is 1.76. The van der Waals surface area contributed by atoms with Crippen molar-refractivity contribution < 1.29 is 4.52 Å². The molecule has 6 heteroatoms. The van der Waals surface area contributed by atoms with Crippen molar-refractivity contribution in [3.8, 4) is 0 Å². The molecule has 2 heterocycles. The van der Waals surface area contributed by atoms with Crippen LogP contribution < -0.4 is 5.32 Å². The highest BCUT2D eigenvalue weighted by Gasteiger charge is 1.99. The number of hydrogen-bond acceptors (Lipinski definition) is 5. The maximum absolute atomic E-state index is 4.60. The van der Waals surface area contributed by atoms with Gasteiger partial charge in [-0.2, -0.15) is 4.98 Å². The molecule has 2 rings (SSSR count). The van der Waals surface area contributed by atoms with Crippen LogP contribution in [0.4, 0.5) is 0 Å². The van der Waals surface area contributed by atoms with Crippen LogP contribution in [0.1, 0.15) is 17.3 Å². The summed E-state index contributed by atoms with van der Waals surface area (Å²) in [7, 11) is 0. The van der Waals surface area contributed by atoms with Crippen molar-refractivity contribution in [2.45, 2.75) is 20.0 Å². The molecule has 0 unspecified atom stereocenters. The van der Waals surface area contributed by atoms with Crippen LogP contribution in [0.3, 0.4) is 0 Å². The van der Waals surface area contributed by atoms with E-state index >= 15 is 0 Å². The summed E-state index contributed by atoms with van der Waals surface area (Å²) in [6.07, 6.45) is 3.12. The Hall–Kier alpha value is -1.69. The highest BCUT2D eigenvalue weighted by Crippen LogP contribution is 1.95. The van der Waals surface area contributed by atoms with Gasteiger partial charge in [-0.15, -0.1) is 0 Å². The van der Waals surface area contributed by atoms with Crippen LogP contribution >= 0.6 is 0 Å². The first-order valence-electron chi connectivity index (χ1n) is 4.31. The smallest absolute Gasteiger partial charge is 0.213 e. The third-order valence-corrected chi connectivity index (χ3v) is 1.76. The largest absolute Gasteiger partial charge is 0.345 e. The van der Waals surface area contributed by atoms with E-state index in [1.165, 1.54) is 6.39 Å². The molecule has 0 aliphatic heterocycles. The summed E-state index contributed by atoms with van der Waals surface area (Å²) >= 11 is 0. The van der Waals surface area contributed by atoms with Gasteiger partial charge < -0.3 is 14.8 Å². The minimum absolute atomic E-state index is 0.592. The zero-order valence-corrected chi connectivity index (χ0v) is 7.82. The molecule has 0 atom stereocenters. The summed E-state index contributed by atoms with van der Waals surface area (Å²) in [5.41, 5.74) is 1.05. The van der Waals surface area contributed by atoms with Crippen molar-refractivity contribution in [1.82, 2.24) is 25.4 Å². The van der Waals surface area contributed by atoms with Gasteiger partial charge in [-0.1, -0.05) is 5.16 Å². The van der Waals surface area contributed by atoms with Crippen molar-refractivity contribution in [2.24, 2.45) is 0 Å². The first kappa shape index (κ1) is 8.89. The molecule has 2 aromatic rings. The minimum atomic E-state index is 0.592. The van der Waals surface area contributed by atoms with Crippen LogP contribution in [0.15, 0.2) is 17.1 Å². The van der Waals surface area contributed by atoms with Gasteiger partial charge in [0.05, 0.1) is 6.54 Å². The Morgan fingerprint density at radius 1 is 1.43 bits per heavy atom. The Bertz CT molecular complexity index is 380. The van der Waals surface area contributed by atoms with Crippen molar-refractivity contribution >= 4 is 0 Å². The SMILES string of the molecule is Cc1ncc(CNCc2ncon2)[nH]1. The standard InChI is InChI=1S/C8H11N5O/c1-6-10-3-7(12-6)2-9-4-8-11-5-14-13-8/h3,5,9H,2,4H2,1H3,(H,10,12). The molecule has 14 heavy (non-hydrogen) atoms. The second-order valence-corrected chi connectivity index (χ2v) is 2.94. The molecular weight excluding hydrogens is 182 g/mol. The van der Waals surface area contributed by atoms with Gasteiger partial charge in [0.25, 0.3) is 0 Å². The summed E-state index contributed by atoms with van der Waals surface area (Å²) in [5, 5.41) is 6.84. The van der Waals surface area contributed by atoms with E-state index in [2.05, 4.69) is 29.9 Å². The van der Waals surface area contributed by atoms with Gasteiger partial charge in [-0.05, 0) is 6.92 Å². The molecule has 0 aliphatic carbocycles. The lowest BCUT2D eigenvalue weighted by Crippen LogP contribution is -2.13. The lowest BCUT2D eigenvalue weighted by Gasteiger charge is -1.97. The number of nitrogens with one attached hydrogen (secondary N) is 2. The number of H-pyrrole nitrogens is 1. The zero-order valence-electron chi connectivity index (χ0n) is 7.82. The Balaban J connectivity index is 1.78. The fourth-order valence-electron chi connectivity index (χ4n) is 1.14. The van der Waals surface area contributed by atoms with E-state index in [-0.39, 0.29) is 0 Å². The molecular formula is C8H11N5O. The van der Waals surface area contributed by atoms with E-state index in [4.69, 9.17) is 0 Å². The fraction of sp³-hybridized carbons (Fsp3) is 0.375. The van der Waals surface area contributed by atoms with Crippen molar-refractivity contribution in [3.63, 3.8) is 0 Å². The Morgan fingerprint density at radius 2 is 2.36 bits per heavy atom. The predicted molar refractivity (Wildman–Crippen MR) is 48.2 cm³/mol. The van der Waals surface area contributed by atoms with E-state index in [0.29, 0.717) is 12.4 Å². The molecule has 2 aromatic heterocycles. The first-order chi connectivity index (χ1) is 6.84. The normalized spacial score (nSPS) is 10.6. The Morgan fingerprint density at radius 3 is 3.00 bits per heavy atom. The van der Waals surface area contributed by atoms with Crippen molar-refractivity contribution in [2.75, 3.05) is 0 Å². The number of aromatic amines is 1. The number of rotatable bonds is 4. The molecule has 0 radical (unpaired) electrons. The monoisotopic (exact) mass is 193 g/mol. The summed E-state index contributed by atoms with van der Waals surface area (Å²) in [6, 6.07) is 0. The highest BCUT2D eigenvalue weighted by atomic mass is 16.5. The molecule has 74 valence electrons. The van der Waals surface area contributed by atoms with Gasteiger partial charge in [-0.25, -0.2) is 4.98 Å². The van der Waals surface area contributed by atoms with Crippen molar-refractivity contribution in [3.05, 3.63) is 29.9 Å². The molecule has 0 saturated carbocycles. The van der Waals surface area contributed by atoms with E-state index in [9.17, 15) is 0 Å².